The van der Waals surface area contributed by atoms with Gasteiger partial charge in [-0.3, -0.25) is 4.90 Å². The van der Waals surface area contributed by atoms with Crippen LogP contribution < -0.4 is 15.0 Å². The second-order valence-electron chi connectivity index (χ2n) is 11.4. The van der Waals surface area contributed by atoms with Gasteiger partial charge in [-0.05, 0) is 89.4 Å². The minimum atomic E-state index is -0.753. The van der Waals surface area contributed by atoms with Crippen molar-refractivity contribution in [3.8, 4) is 16.9 Å². The van der Waals surface area contributed by atoms with Crippen molar-refractivity contribution in [3.63, 3.8) is 0 Å². The molecule has 3 heterocycles. The Kier molecular flexibility index (Phi) is 9.32. The molecule has 0 unspecified atom stereocenters. The van der Waals surface area contributed by atoms with Gasteiger partial charge in [-0.1, -0.05) is 12.1 Å². The molecule has 0 bridgehead atoms. The predicted molar refractivity (Wildman–Crippen MR) is 163 cm³/mol. The molecule has 2 amide bonds. The van der Waals surface area contributed by atoms with E-state index < -0.39 is 23.4 Å². The number of benzene rings is 1. The highest BCUT2D eigenvalue weighted by Gasteiger charge is 2.30. The SMILES string of the molecule is COc1ccc(-c2c(CCNC(=O)OC(C)(C)C)sc3c(N(Cc4ccco4)C(=O)OC(C)(C)C)nc(Cl)nc23)cc1. The van der Waals surface area contributed by atoms with Crippen LogP contribution in [-0.2, 0) is 22.4 Å². The summed E-state index contributed by atoms with van der Waals surface area (Å²) in [6, 6.07) is 11.1. The van der Waals surface area contributed by atoms with Crippen LogP contribution in [0.15, 0.2) is 47.1 Å². The fourth-order valence-corrected chi connectivity index (χ4v) is 5.51. The molecule has 0 spiro atoms. The summed E-state index contributed by atoms with van der Waals surface area (Å²) in [5.74, 6) is 1.54. The highest BCUT2D eigenvalue weighted by molar-refractivity contribution is 7.20. The zero-order chi connectivity index (χ0) is 30.7. The lowest BCUT2D eigenvalue weighted by Crippen LogP contribution is -2.37. The Balaban J connectivity index is 1.82. The minimum absolute atomic E-state index is 0.0310. The number of nitrogens with one attached hydrogen (secondary N) is 1. The molecular weight excluding hydrogens is 580 g/mol. The molecule has 10 nitrogen and oxygen atoms in total. The number of halogens is 1. The van der Waals surface area contributed by atoms with E-state index >= 15 is 0 Å². The van der Waals surface area contributed by atoms with Gasteiger partial charge < -0.3 is 23.9 Å². The molecule has 4 aromatic rings. The maximum atomic E-state index is 13.5. The molecule has 12 heteroatoms. The smallest absolute Gasteiger partial charge is 0.416 e. The van der Waals surface area contributed by atoms with Crippen LogP contribution in [0.4, 0.5) is 15.4 Å². The molecule has 1 N–H and O–H groups in total. The summed E-state index contributed by atoms with van der Waals surface area (Å²) in [7, 11) is 1.60. The number of rotatable bonds is 8. The van der Waals surface area contributed by atoms with Gasteiger partial charge in [-0.15, -0.1) is 11.3 Å². The van der Waals surface area contributed by atoms with E-state index in [2.05, 4.69) is 15.3 Å². The number of fused-ring (bicyclic) bond motifs is 1. The standard InChI is InChI=1S/C30H35ClN4O6S/c1-29(2,3)40-27(36)32-15-14-21-22(18-10-12-19(38-7)13-11-18)23-24(42-21)25(34-26(31)33-23)35(17-20-9-8-16-39-20)28(37)41-30(4,5)6/h8-13,16H,14-15,17H2,1-7H3,(H,32,36). The van der Waals surface area contributed by atoms with Gasteiger partial charge in [0.15, 0.2) is 5.82 Å². The van der Waals surface area contributed by atoms with Crippen molar-refractivity contribution >= 4 is 51.2 Å². The first-order chi connectivity index (χ1) is 19.7. The van der Waals surface area contributed by atoms with Gasteiger partial charge >= 0.3 is 12.2 Å². The Labute approximate surface area is 253 Å². The third-order valence-corrected chi connectivity index (χ3v) is 7.13. The number of furan rings is 1. The molecule has 0 radical (unpaired) electrons. The van der Waals surface area contributed by atoms with Gasteiger partial charge in [0.05, 0.1) is 30.1 Å². The van der Waals surface area contributed by atoms with Crippen LogP contribution in [0.3, 0.4) is 0 Å². The zero-order valence-electron chi connectivity index (χ0n) is 24.7. The van der Waals surface area contributed by atoms with Crippen molar-refractivity contribution in [2.24, 2.45) is 0 Å². The number of alkyl carbamates (subject to hydrolysis) is 1. The molecule has 0 saturated heterocycles. The number of carbonyl (C=O) groups is 2. The molecule has 42 heavy (non-hydrogen) atoms. The topological polar surface area (TPSA) is 116 Å². The third-order valence-electron chi connectivity index (χ3n) is 5.72. The van der Waals surface area contributed by atoms with E-state index in [-0.39, 0.29) is 11.8 Å². The van der Waals surface area contributed by atoms with Gasteiger partial charge in [0.25, 0.3) is 0 Å². The van der Waals surface area contributed by atoms with E-state index in [1.54, 1.807) is 40.0 Å². The molecule has 0 saturated carbocycles. The van der Waals surface area contributed by atoms with E-state index in [9.17, 15) is 9.59 Å². The van der Waals surface area contributed by atoms with Crippen LogP contribution in [0.5, 0.6) is 5.75 Å². The Morgan fingerprint density at radius 3 is 2.31 bits per heavy atom. The van der Waals surface area contributed by atoms with E-state index in [0.29, 0.717) is 40.5 Å². The Morgan fingerprint density at radius 2 is 1.71 bits per heavy atom. The summed E-state index contributed by atoms with van der Waals surface area (Å²) in [5.41, 5.74) is 0.883. The lowest BCUT2D eigenvalue weighted by molar-refractivity contribution is 0.0526. The zero-order valence-corrected chi connectivity index (χ0v) is 26.3. The van der Waals surface area contributed by atoms with Crippen molar-refractivity contribution in [3.05, 3.63) is 58.6 Å². The quantitative estimate of drug-likeness (QED) is 0.201. The maximum Gasteiger partial charge on any atom is 0.416 e. The number of hydrogen-bond donors (Lipinski definition) is 1. The van der Waals surface area contributed by atoms with Crippen molar-refractivity contribution in [1.29, 1.82) is 0 Å². The Morgan fingerprint density at radius 1 is 1.02 bits per heavy atom. The van der Waals surface area contributed by atoms with E-state index in [1.807, 2.05) is 45.0 Å². The molecule has 224 valence electrons. The second-order valence-corrected chi connectivity index (χ2v) is 12.9. The number of anilines is 1. The summed E-state index contributed by atoms with van der Waals surface area (Å²) in [5, 5.41) is 2.79. The Hall–Kier alpha value is -3.83. The van der Waals surface area contributed by atoms with Gasteiger partial charge in [0, 0.05) is 17.0 Å². The van der Waals surface area contributed by atoms with Gasteiger partial charge in [-0.2, -0.15) is 4.98 Å². The van der Waals surface area contributed by atoms with E-state index in [1.165, 1.54) is 22.5 Å². The number of aromatic nitrogens is 2. The summed E-state index contributed by atoms with van der Waals surface area (Å²) in [6.07, 6.45) is 0.882. The number of carbonyl (C=O) groups excluding carboxylic acids is 2. The molecule has 4 rings (SSSR count). The first-order valence-electron chi connectivity index (χ1n) is 13.4. The predicted octanol–water partition coefficient (Wildman–Crippen LogP) is 7.62. The average molecular weight is 615 g/mol. The molecule has 3 aromatic heterocycles. The van der Waals surface area contributed by atoms with Crippen LogP contribution in [0.2, 0.25) is 5.28 Å². The second kappa shape index (κ2) is 12.6. The highest BCUT2D eigenvalue weighted by atomic mass is 35.5. The summed E-state index contributed by atoms with van der Waals surface area (Å²) in [6.45, 7) is 11.2. The lowest BCUT2D eigenvalue weighted by Gasteiger charge is -2.26. The molecular formula is C30H35ClN4O6S. The molecule has 0 fully saturated rings. The number of hydrogen-bond acceptors (Lipinski definition) is 9. The number of ether oxygens (including phenoxy) is 3. The average Bonchev–Trinajstić information content (AvgIpc) is 3.52. The van der Waals surface area contributed by atoms with Crippen molar-refractivity contribution in [2.45, 2.75) is 65.7 Å². The fourth-order valence-electron chi connectivity index (χ4n) is 4.09. The normalized spacial score (nSPS) is 11.8. The molecule has 0 aliphatic heterocycles. The Bertz CT molecular complexity index is 1540. The number of methoxy groups -OCH3 is 1. The van der Waals surface area contributed by atoms with Crippen LogP contribution in [0, 0.1) is 0 Å². The van der Waals surface area contributed by atoms with Crippen LogP contribution in [0.1, 0.15) is 52.2 Å². The highest BCUT2D eigenvalue weighted by Crippen LogP contribution is 2.43. The molecule has 0 aliphatic carbocycles. The molecule has 0 atom stereocenters. The summed E-state index contributed by atoms with van der Waals surface area (Å²) >= 11 is 7.92. The van der Waals surface area contributed by atoms with Gasteiger partial charge in [-0.25, -0.2) is 14.6 Å². The van der Waals surface area contributed by atoms with Crippen molar-refractivity contribution in [1.82, 2.24) is 15.3 Å². The van der Waals surface area contributed by atoms with Crippen LogP contribution in [0.25, 0.3) is 21.3 Å². The molecule has 0 aliphatic rings. The van der Waals surface area contributed by atoms with Crippen molar-refractivity contribution < 1.29 is 28.2 Å². The summed E-state index contributed by atoms with van der Waals surface area (Å²) < 4.78 is 22.7. The lowest BCUT2D eigenvalue weighted by atomic mass is 10.0. The fraction of sp³-hybridized carbons (Fsp3) is 0.400. The van der Waals surface area contributed by atoms with Crippen molar-refractivity contribution in [2.75, 3.05) is 18.6 Å². The summed E-state index contributed by atoms with van der Waals surface area (Å²) in [4.78, 5) is 37.3. The van der Waals surface area contributed by atoms with Gasteiger partial charge in [0.1, 0.15) is 22.7 Å². The maximum absolute atomic E-state index is 13.5. The minimum Gasteiger partial charge on any atom is -0.497 e. The van der Waals surface area contributed by atoms with Crippen LogP contribution >= 0.6 is 22.9 Å². The largest absolute Gasteiger partial charge is 0.497 e. The molecule has 1 aromatic carbocycles. The van der Waals surface area contributed by atoms with Gasteiger partial charge in [0.2, 0.25) is 5.28 Å². The third kappa shape index (κ3) is 7.92. The van der Waals surface area contributed by atoms with Crippen LogP contribution in [-0.4, -0.2) is 47.0 Å². The monoisotopic (exact) mass is 614 g/mol. The number of thiophene rings is 1. The first kappa shape index (κ1) is 31.1. The number of nitrogens with zero attached hydrogens (tertiary/aromatic N) is 3. The van der Waals surface area contributed by atoms with E-state index in [0.717, 1.165) is 16.0 Å². The van der Waals surface area contributed by atoms with E-state index in [4.69, 9.17) is 30.2 Å². The number of amides is 2. The first-order valence-corrected chi connectivity index (χ1v) is 14.6.